The lowest BCUT2D eigenvalue weighted by Crippen LogP contribution is -2.40. The zero-order valence-corrected chi connectivity index (χ0v) is 18.7. The summed E-state index contributed by atoms with van der Waals surface area (Å²) >= 11 is 0. The van der Waals surface area contributed by atoms with Crippen LogP contribution in [-0.4, -0.2) is 42.3 Å². The first kappa shape index (κ1) is 21.9. The molecule has 2 amide bonds. The van der Waals surface area contributed by atoms with Crippen molar-refractivity contribution in [2.24, 2.45) is 0 Å². The first-order valence-corrected chi connectivity index (χ1v) is 10.9. The summed E-state index contributed by atoms with van der Waals surface area (Å²) in [5.74, 6) is 0.576. The smallest absolute Gasteiger partial charge is 0.322 e. The Morgan fingerprint density at radius 1 is 1.22 bits per heavy atom. The average Bonchev–Trinajstić information content (AvgIpc) is 3.30. The quantitative estimate of drug-likeness (QED) is 0.602. The molecule has 168 valence electrons. The molecule has 7 nitrogen and oxygen atoms in total. The molecule has 0 unspecified atom stereocenters. The van der Waals surface area contributed by atoms with Gasteiger partial charge in [0.1, 0.15) is 5.75 Å². The van der Waals surface area contributed by atoms with Crippen LogP contribution in [0.15, 0.2) is 47.3 Å². The number of para-hydroxylation sites is 2. The van der Waals surface area contributed by atoms with E-state index in [-0.39, 0.29) is 24.2 Å². The van der Waals surface area contributed by atoms with Gasteiger partial charge in [-0.1, -0.05) is 24.3 Å². The van der Waals surface area contributed by atoms with E-state index in [9.17, 15) is 9.59 Å². The number of H-pyrrole nitrogens is 1. The van der Waals surface area contributed by atoms with E-state index >= 15 is 0 Å². The van der Waals surface area contributed by atoms with Crippen LogP contribution in [0, 0.1) is 13.8 Å². The minimum Gasteiger partial charge on any atom is -0.495 e. The van der Waals surface area contributed by atoms with Gasteiger partial charge >= 0.3 is 6.03 Å². The number of hydrogen-bond acceptors (Lipinski definition) is 4. The molecule has 7 heteroatoms. The maximum absolute atomic E-state index is 13.3. The number of fused-ring (bicyclic) bond motifs is 1. The second-order valence-electron chi connectivity index (χ2n) is 8.26. The van der Waals surface area contributed by atoms with Gasteiger partial charge in [0, 0.05) is 24.1 Å². The lowest BCUT2D eigenvalue weighted by atomic mass is 10.0. The third kappa shape index (κ3) is 4.62. The van der Waals surface area contributed by atoms with Crippen LogP contribution in [0.3, 0.4) is 0 Å². The number of carbonyl (C=O) groups excluding carboxylic acids is 1. The topological polar surface area (TPSA) is 83.7 Å². The number of aromatic nitrogens is 1. The number of carbonyl (C=O) groups is 1. The number of amides is 2. The highest BCUT2D eigenvalue weighted by Gasteiger charge is 2.24. The van der Waals surface area contributed by atoms with Gasteiger partial charge < -0.3 is 24.7 Å². The molecule has 1 fully saturated rings. The van der Waals surface area contributed by atoms with Gasteiger partial charge in [-0.2, -0.15) is 0 Å². The van der Waals surface area contributed by atoms with Gasteiger partial charge in [0.05, 0.1) is 31.0 Å². The van der Waals surface area contributed by atoms with E-state index in [2.05, 4.69) is 10.3 Å². The summed E-state index contributed by atoms with van der Waals surface area (Å²) < 4.78 is 11.1. The Morgan fingerprint density at radius 3 is 2.75 bits per heavy atom. The molecule has 4 rings (SSSR count). The normalized spacial score (nSPS) is 15.7. The molecule has 32 heavy (non-hydrogen) atoms. The molecule has 0 aliphatic carbocycles. The predicted molar refractivity (Wildman–Crippen MR) is 125 cm³/mol. The van der Waals surface area contributed by atoms with Crippen molar-refractivity contribution in [2.45, 2.75) is 39.3 Å². The molecule has 1 atom stereocenters. The highest BCUT2D eigenvalue weighted by molar-refractivity contribution is 5.91. The maximum atomic E-state index is 13.3. The maximum Gasteiger partial charge on any atom is 0.322 e. The van der Waals surface area contributed by atoms with E-state index in [1.165, 1.54) is 0 Å². The Labute approximate surface area is 187 Å². The second kappa shape index (κ2) is 9.44. The molecule has 2 N–H and O–H groups in total. The molecule has 1 aliphatic heterocycles. The second-order valence-corrected chi connectivity index (χ2v) is 8.26. The van der Waals surface area contributed by atoms with Crippen LogP contribution in [0.1, 0.15) is 29.5 Å². The number of nitrogens with zero attached hydrogens (tertiary/aromatic N) is 1. The van der Waals surface area contributed by atoms with Crippen molar-refractivity contribution >= 4 is 22.6 Å². The number of methoxy groups -OCH3 is 1. The number of anilines is 1. The molecule has 1 aromatic heterocycles. The average molecular weight is 436 g/mol. The fraction of sp³-hybridized carbons (Fsp3) is 0.360. The van der Waals surface area contributed by atoms with Crippen LogP contribution in [0.4, 0.5) is 10.5 Å². The predicted octanol–water partition coefficient (Wildman–Crippen LogP) is 4.37. The van der Waals surface area contributed by atoms with Crippen molar-refractivity contribution in [3.63, 3.8) is 0 Å². The number of hydrogen-bond donors (Lipinski definition) is 2. The van der Waals surface area contributed by atoms with Gasteiger partial charge in [-0.3, -0.25) is 4.79 Å². The lowest BCUT2D eigenvalue weighted by Gasteiger charge is -2.26. The Morgan fingerprint density at radius 2 is 2.00 bits per heavy atom. The minimum absolute atomic E-state index is 0.0399. The summed E-state index contributed by atoms with van der Waals surface area (Å²) in [6, 6.07) is 12.9. The zero-order chi connectivity index (χ0) is 22.7. The summed E-state index contributed by atoms with van der Waals surface area (Å²) in [5.41, 5.74) is 3.86. The van der Waals surface area contributed by atoms with E-state index in [0.29, 0.717) is 30.2 Å². The van der Waals surface area contributed by atoms with Crippen molar-refractivity contribution in [1.29, 1.82) is 0 Å². The summed E-state index contributed by atoms with van der Waals surface area (Å²) in [4.78, 5) is 30.8. The molecule has 2 heterocycles. The highest BCUT2D eigenvalue weighted by Crippen LogP contribution is 2.25. The van der Waals surface area contributed by atoms with Crippen LogP contribution in [-0.2, 0) is 11.3 Å². The van der Waals surface area contributed by atoms with Crippen molar-refractivity contribution < 1.29 is 14.3 Å². The molecule has 0 saturated carbocycles. The van der Waals surface area contributed by atoms with Gasteiger partial charge in [0.2, 0.25) is 0 Å². The van der Waals surface area contributed by atoms with Crippen molar-refractivity contribution in [3.05, 3.63) is 69.5 Å². The van der Waals surface area contributed by atoms with Crippen LogP contribution in [0.5, 0.6) is 5.75 Å². The van der Waals surface area contributed by atoms with E-state index in [1.807, 2.05) is 44.2 Å². The van der Waals surface area contributed by atoms with Crippen molar-refractivity contribution in [1.82, 2.24) is 9.88 Å². The molecule has 0 spiro atoms. The molecule has 3 aromatic rings. The number of pyridine rings is 1. The first-order chi connectivity index (χ1) is 15.5. The molecule has 2 aromatic carbocycles. The highest BCUT2D eigenvalue weighted by atomic mass is 16.5. The lowest BCUT2D eigenvalue weighted by molar-refractivity contribution is 0.0818. The first-order valence-electron chi connectivity index (χ1n) is 10.9. The third-order valence-electron chi connectivity index (χ3n) is 5.97. The number of rotatable bonds is 6. The number of nitrogens with one attached hydrogen (secondary N) is 2. The Kier molecular flexibility index (Phi) is 6.46. The van der Waals surface area contributed by atoms with E-state index < -0.39 is 0 Å². The van der Waals surface area contributed by atoms with Gasteiger partial charge in [-0.05, 0) is 56.0 Å². The van der Waals surface area contributed by atoms with Gasteiger partial charge in [-0.15, -0.1) is 0 Å². The van der Waals surface area contributed by atoms with Crippen molar-refractivity contribution in [3.8, 4) is 5.75 Å². The van der Waals surface area contributed by atoms with E-state index in [1.54, 1.807) is 24.1 Å². The molecular weight excluding hydrogens is 406 g/mol. The number of ether oxygens (including phenoxy) is 2. The molecule has 1 saturated heterocycles. The summed E-state index contributed by atoms with van der Waals surface area (Å²) in [7, 11) is 1.56. The molecular formula is C25H29N3O4. The van der Waals surface area contributed by atoms with Crippen molar-refractivity contribution in [2.75, 3.05) is 25.6 Å². The number of benzene rings is 2. The third-order valence-corrected chi connectivity index (χ3v) is 5.97. The van der Waals surface area contributed by atoms with Gasteiger partial charge in [-0.25, -0.2) is 4.79 Å². The number of urea groups is 1. The minimum atomic E-state index is -0.300. The Balaban J connectivity index is 1.65. The summed E-state index contributed by atoms with van der Waals surface area (Å²) in [6.45, 7) is 5.27. The molecule has 0 radical (unpaired) electrons. The zero-order valence-electron chi connectivity index (χ0n) is 18.7. The SMILES string of the molecule is COc1ccccc1NC(=O)N(Cc1cc2c(C)ccc(C)c2[nH]c1=O)C[C@@H]1CCCO1. The standard InChI is InChI=1S/C25H29N3O4/c1-16-10-11-17(2)23-20(16)13-18(24(29)27-23)14-28(15-19-7-6-12-32-19)25(30)26-21-8-4-5-9-22(21)31-3/h4-5,8-11,13,19H,6-7,12,14-15H2,1-3H3,(H,26,30)(H,27,29)/t19-/m0/s1. The fourth-order valence-corrected chi connectivity index (χ4v) is 4.14. The van der Waals surface area contributed by atoms with Crippen LogP contribution in [0.25, 0.3) is 10.9 Å². The number of aryl methyl sites for hydroxylation is 2. The van der Waals surface area contributed by atoms with E-state index in [0.717, 1.165) is 34.9 Å². The molecule has 0 bridgehead atoms. The Hall–Kier alpha value is -3.32. The van der Waals surface area contributed by atoms with Crippen LogP contribution in [0.2, 0.25) is 0 Å². The Bertz CT molecular complexity index is 1180. The largest absolute Gasteiger partial charge is 0.495 e. The fourth-order valence-electron chi connectivity index (χ4n) is 4.14. The summed E-state index contributed by atoms with van der Waals surface area (Å²) in [5, 5.41) is 3.91. The van der Waals surface area contributed by atoms with Crippen LogP contribution < -0.4 is 15.6 Å². The number of aromatic amines is 1. The van der Waals surface area contributed by atoms with E-state index in [4.69, 9.17) is 9.47 Å². The molecule has 1 aliphatic rings. The summed E-state index contributed by atoms with van der Waals surface area (Å²) in [6.07, 6.45) is 1.83. The monoisotopic (exact) mass is 435 g/mol. The van der Waals surface area contributed by atoms with Gasteiger partial charge in [0.25, 0.3) is 5.56 Å². The van der Waals surface area contributed by atoms with Crippen LogP contribution >= 0.6 is 0 Å². The van der Waals surface area contributed by atoms with Gasteiger partial charge in [0.15, 0.2) is 0 Å².